The molecule has 1 unspecified atom stereocenters. The van der Waals surface area contributed by atoms with E-state index in [1.807, 2.05) is 23.1 Å². The van der Waals surface area contributed by atoms with E-state index < -0.39 is 0 Å². The number of carbonyl (C=O) groups is 1. The standard InChI is InChI=1S/C20H29BrN4O2/c1-22-20(23-12-15-11-16(21)7-8-18(15)27-2)24-17-9-10-25(13-17)19(26)14-5-3-4-6-14/h7-8,11,14,17H,3-6,9-10,12-13H2,1-2H3,(H2,22,23,24). The number of amides is 1. The van der Waals surface area contributed by atoms with Gasteiger partial charge in [-0.05, 0) is 37.5 Å². The number of nitrogens with zero attached hydrogens (tertiary/aromatic N) is 2. The molecule has 3 rings (SSSR count). The van der Waals surface area contributed by atoms with Gasteiger partial charge in [-0.1, -0.05) is 28.8 Å². The van der Waals surface area contributed by atoms with Gasteiger partial charge in [-0.25, -0.2) is 0 Å². The van der Waals surface area contributed by atoms with Crippen molar-refractivity contribution in [2.24, 2.45) is 10.9 Å². The number of guanidine groups is 1. The second-order valence-corrected chi connectivity index (χ2v) is 8.19. The van der Waals surface area contributed by atoms with Crippen LogP contribution in [0.4, 0.5) is 0 Å². The number of benzene rings is 1. The average Bonchev–Trinajstić information content (AvgIpc) is 3.36. The Kier molecular flexibility index (Phi) is 6.99. The van der Waals surface area contributed by atoms with Crippen molar-refractivity contribution in [3.05, 3.63) is 28.2 Å². The molecule has 0 bridgehead atoms. The van der Waals surface area contributed by atoms with Crippen LogP contribution in [0.5, 0.6) is 5.75 Å². The van der Waals surface area contributed by atoms with Crippen molar-refractivity contribution in [2.75, 3.05) is 27.2 Å². The van der Waals surface area contributed by atoms with Crippen LogP contribution in [0.1, 0.15) is 37.7 Å². The first-order chi connectivity index (χ1) is 13.1. The summed E-state index contributed by atoms with van der Waals surface area (Å²) in [5, 5.41) is 6.80. The Morgan fingerprint density at radius 1 is 1.33 bits per heavy atom. The molecule has 1 aliphatic carbocycles. The molecule has 7 heteroatoms. The third kappa shape index (κ3) is 5.15. The van der Waals surface area contributed by atoms with Gasteiger partial charge in [-0.3, -0.25) is 9.79 Å². The van der Waals surface area contributed by atoms with Crippen molar-refractivity contribution < 1.29 is 9.53 Å². The van der Waals surface area contributed by atoms with Crippen molar-refractivity contribution in [2.45, 2.75) is 44.7 Å². The Bertz CT molecular complexity index is 689. The number of hydrogen-bond acceptors (Lipinski definition) is 3. The fourth-order valence-corrected chi connectivity index (χ4v) is 4.37. The summed E-state index contributed by atoms with van der Waals surface area (Å²) < 4.78 is 6.44. The maximum atomic E-state index is 12.6. The highest BCUT2D eigenvalue weighted by molar-refractivity contribution is 9.10. The number of hydrogen-bond donors (Lipinski definition) is 2. The Labute approximate surface area is 169 Å². The fourth-order valence-electron chi connectivity index (χ4n) is 3.96. The summed E-state index contributed by atoms with van der Waals surface area (Å²) >= 11 is 3.50. The van der Waals surface area contributed by atoms with E-state index in [1.54, 1.807) is 14.2 Å². The number of nitrogens with one attached hydrogen (secondary N) is 2. The Hall–Kier alpha value is -1.76. The zero-order chi connectivity index (χ0) is 19.2. The van der Waals surface area contributed by atoms with Gasteiger partial charge in [0, 0.05) is 48.7 Å². The van der Waals surface area contributed by atoms with E-state index in [0.717, 1.165) is 54.1 Å². The third-order valence-corrected chi connectivity index (χ3v) is 5.95. The van der Waals surface area contributed by atoms with Crippen LogP contribution < -0.4 is 15.4 Å². The lowest BCUT2D eigenvalue weighted by atomic mass is 10.1. The predicted octanol–water partition coefficient (Wildman–Crippen LogP) is 2.91. The zero-order valence-corrected chi connectivity index (χ0v) is 17.7. The predicted molar refractivity (Wildman–Crippen MR) is 111 cm³/mol. The molecule has 148 valence electrons. The summed E-state index contributed by atoms with van der Waals surface area (Å²) in [4.78, 5) is 19.0. The number of halogens is 1. The number of ether oxygens (including phenoxy) is 1. The van der Waals surface area contributed by atoms with E-state index in [0.29, 0.717) is 12.5 Å². The molecule has 0 aromatic heterocycles. The Morgan fingerprint density at radius 2 is 2.11 bits per heavy atom. The lowest BCUT2D eigenvalue weighted by Gasteiger charge is -2.21. The van der Waals surface area contributed by atoms with Gasteiger partial charge in [0.1, 0.15) is 5.75 Å². The maximum Gasteiger partial charge on any atom is 0.225 e. The van der Waals surface area contributed by atoms with E-state index in [1.165, 1.54) is 12.8 Å². The van der Waals surface area contributed by atoms with Gasteiger partial charge in [-0.15, -0.1) is 0 Å². The number of aliphatic imine (C=N–C) groups is 1. The smallest absolute Gasteiger partial charge is 0.225 e. The van der Waals surface area contributed by atoms with Crippen LogP contribution in [-0.2, 0) is 11.3 Å². The normalized spacial score (nSPS) is 20.8. The van der Waals surface area contributed by atoms with Gasteiger partial charge in [0.2, 0.25) is 5.91 Å². The number of carbonyl (C=O) groups excluding carboxylic acids is 1. The van der Waals surface area contributed by atoms with E-state index in [-0.39, 0.29) is 12.0 Å². The van der Waals surface area contributed by atoms with Gasteiger partial charge in [0.25, 0.3) is 0 Å². The van der Waals surface area contributed by atoms with Crippen LogP contribution in [0.15, 0.2) is 27.7 Å². The molecule has 1 saturated heterocycles. The quantitative estimate of drug-likeness (QED) is 0.549. The molecule has 27 heavy (non-hydrogen) atoms. The van der Waals surface area contributed by atoms with Crippen LogP contribution in [0.2, 0.25) is 0 Å². The molecule has 0 spiro atoms. The SMILES string of the molecule is CN=C(NCc1cc(Br)ccc1OC)NC1CCN(C(=O)C2CCCC2)C1. The van der Waals surface area contributed by atoms with Crippen molar-refractivity contribution in [1.82, 2.24) is 15.5 Å². The Morgan fingerprint density at radius 3 is 2.81 bits per heavy atom. The van der Waals surface area contributed by atoms with E-state index in [9.17, 15) is 4.79 Å². The molecule has 1 aromatic rings. The lowest BCUT2D eigenvalue weighted by Crippen LogP contribution is -2.45. The summed E-state index contributed by atoms with van der Waals surface area (Å²) in [5.74, 6) is 2.19. The average molecular weight is 437 g/mol. The summed E-state index contributed by atoms with van der Waals surface area (Å²) in [5.41, 5.74) is 1.05. The van der Waals surface area contributed by atoms with E-state index in [4.69, 9.17) is 4.74 Å². The number of methoxy groups -OCH3 is 1. The summed E-state index contributed by atoms with van der Waals surface area (Å²) in [6.45, 7) is 2.21. The molecule has 6 nitrogen and oxygen atoms in total. The third-order valence-electron chi connectivity index (χ3n) is 5.46. The zero-order valence-electron chi connectivity index (χ0n) is 16.1. The monoisotopic (exact) mass is 436 g/mol. The summed E-state index contributed by atoms with van der Waals surface area (Å²) in [7, 11) is 3.44. The molecule has 1 heterocycles. The van der Waals surface area contributed by atoms with Gasteiger partial charge in [0.15, 0.2) is 5.96 Å². The largest absolute Gasteiger partial charge is 0.496 e. The first-order valence-electron chi connectivity index (χ1n) is 9.69. The van der Waals surface area contributed by atoms with Crippen molar-refractivity contribution in [1.29, 1.82) is 0 Å². The first kappa shape index (κ1) is 20.0. The lowest BCUT2D eigenvalue weighted by molar-refractivity contribution is -0.134. The van der Waals surface area contributed by atoms with Crippen molar-refractivity contribution in [3.63, 3.8) is 0 Å². The van der Waals surface area contributed by atoms with Crippen molar-refractivity contribution in [3.8, 4) is 5.75 Å². The highest BCUT2D eigenvalue weighted by Crippen LogP contribution is 2.28. The van der Waals surface area contributed by atoms with Gasteiger partial charge < -0.3 is 20.3 Å². The fraction of sp³-hybridized carbons (Fsp3) is 0.600. The highest BCUT2D eigenvalue weighted by atomic mass is 79.9. The highest BCUT2D eigenvalue weighted by Gasteiger charge is 2.32. The summed E-state index contributed by atoms with van der Waals surface area (Å²) in [6.07, 6.45) is 5.47. The van der Waals surface area contributed by atoms with Gasteiger partial charge in [-0.2, -0.15) is 0 Å². The molecule has 1 amide bonds. The molecule has 1 atom stereocenters. The molecule has 1 aliphatic heterocycles. The van der Waals surface area contributed by atoms with Crippen LogP contribution in [0.25, 0.3) is 0 Å². The molecule has 0 radical (unpaired) electrons. The second-order valence-electron chi connectivity index (χ2n) is 7.28. The van der Waals surface area contributed by atoms with Crippen molar-refractivity contribution >= 4 is 27.8 Å². The minimum absolute atomic E-state index is 0.242. The molecular weight excluding hydrogens is 408 g/mol. The van der Waals surface area contributed by atoms with E-state index in [2.05, 4.69) is 31.6 Å². The molecule has 1 saturated carbocycles. The summed E-state index contributed by atoms with van der Waals surface area (Å²) in [6, 6.07) is 6.19. The second kappa shape index (κ2) is 9.44. The van der Waals surface area contributed by atoms with E-state index >= 15 is 0 Å². The number of rotatable bonds is 5. The molecule has 2 aliphatic rings. The molecular formula is C20H29BrN4O2. The van der Waals surface area contributed by atoms with Crippen LogP contribution in [0.3, 0.4) is 0 Å². The molecule has 2 N–H and O–H groups in total. The number of likely N-dealkylation sites (tertiary alicyclic amines) is 1. The van der Waals surface area contributed by atoms with Gasteiger partial charge in [0.05, 0.1) is 7.11 Å². The van der Waals surface area contributed by atoms with Crippen LogP contribution >= 0.6 is 15.9 Å². The maximum absolute atomic E-state index is 12.6. The molecule has 2 fully saturated rings. The Balaban J connectivity index is 1.51. The van der Waals surface area contributed by atoms with Crippen LogP contribution in [-0.4, -0.2) is 50.1 Å². The topological polar surface area (TPSA) is 66.0 Å². The molecule has 1 aromatic carbocycles. The minimum atomic E-state index is 0.242. The van der Waals surface area contributed by atoms with Crippen LogP contribution in [0, 0.1) is 5.92 Å². The first-order valence-corrected chi connectivity index (χ1v) is 10.5. The minimum Gasteiger partial charge on any atom is -0.496 e. The van der Waals surface area contributed by atoms with Gasteiger partial charge >= 0.3 is 0 Å².